The Balaban J connectivity index is 1.53. The number of aromatic nitrogens is 2. The Morgan fingerprint density at radius 1 is 1.29 bits per heavy atom. The zero-order chi connectivity index (χ0) is 16.8. The van der Waals surface area contributed by atoms with Crippen LogP contribution in [0.1, 0.15) is 5.76 Å². The van der Waals surface area contributed by atoms with Crippen LogP contribution >= 0.6 is 11.8 Å². The normalized spacial score (nSPS) is 10.5. The number of nitrogens with zero attached hydrogens (tertiary/aromatic N) is 2. The molecule has 124 valence electrons. The molecule has 1 amide bonds. The lowest BCUT2D eigenvalue weighted by Gasteiger charge is -2.01. The number of carbonyl (C=O) groups excluding carboxylic acids is 1. The van der Waals surface area contributed by atoms with Gasteiger partial charge in [0.1, 0.15) is 11.5 Å². The lowest BCUT2D eigenvalue weighted by molar-refractivity contribution is -0.118. The van der Waals surface area contributed by atoms with Gasteiger partial charge in [-0.15, -0.1) is 10.2 Å². The van der Waals surface area contributed by atoms with E-state index in [4.69, 9.17) is 13.6 Å². The molecule has 0 radical (unpaired) electrons. The van der Waals surface area contributed by atoms with Crippen LogP contribution in [0.3, 0.4) is 0 Å². The molecule has 1 aromatic carbocycles. The first kappa shape index (κ1) is 16.1. The van der Waals surface area contributed by atoms with Gasteiger partial charge in [-0.05, 0) is 30.3 Å². The van der Waals surface area contributed by atoms with Gasteiger partial charge in [0.15, 0.2) is 0 Å². The maximum atomic E-state index is 11.8. The van der Waals surface area contributed by atoms with Gasteiger partial charge < -0.3 is 18.9 Å². The maximum Gasteiger partial charge on any atom is 0.277 e. The van der Waals surface area contributed by atoms with Crippen LogP contribution in [0.25, 0.3) is 11.5 Å². The molecule has 0 aliphatic carbocycles. The van der Waals surface area contributed by atoms with Crippen molar-refractivity contribution >= 4 is 17.7 Å². The second-order valence-electron chi connectivity index (χ2n) is 4.75. The molecule has 2 heterocycles. The second kappa shape index (κ2) is 7.69. The van der Waals surface area contributed by atoms with E-state index in [1.54, 1.807) is 31.6 Å². The number of nitrogens with one attached hydrogen (secondary N) is 1. The van der Waals surface area contributed by atoms with E-state index in [-0.39, 0.29) is 11.7 Å². The maximum absolute atomic E-state index is 11.8. The number of hydrogen-bond donors (Lipinski definition) is 1. The van der Waals surface area contributed by atoms with Crippen LogP contribution in [0.5, 0.6) is 5.75 Å². The van der Waals surface area contributed by atoms with E-state index in [2.05, 4.69) is 15.5 Å². The highest BCUT2D eigenvalue weighted by molar-refractivity contribution is 7.99. The summed E-state index contributed by atoms with van der Waals surface area (Å²) in [7, 11) is 1.59. The van der Waals surface area contributed by atoms with Gasteiger partial charge in [-0.25, -0.2) is 0 Å². The van der Waals surface area contributed by atoms with Crippen molar-refractivity contribution in [3.8, 4) is 17.2 Å². The largest absolute Gasteiger partial charge is 0.497 e. The fourth-order valence-electron chi connectivity index (χ4n) is 1.92. The molecule has 24 heavy (non-hydrogen) atoms. The van der Waals surface area contributed by atoms with E-state index >= 15 is 0 Å². The Bertz CT molecular complexity index is 801. The third kappa shape index (κ3) is 4.17. The van der Waals surface area contributed by atoms with Gasteiger partial charge >= 0.3 is 0 Å². The molecule has 0 spiro atoms. The van der Waals surface area contributed by atoms with E-state index in [0.29, 0.717) is 29.2 Å². The van der Waals surface area contributed by atoms with Gasteiger partial charge in [-0.3, -0.25) is 4.79 Å². The Kier molecular flexibility index (Phi) is 5.17. The monoisotopic (exact) mass is 345 g/mol. The van der Waals surface area contributed by atoms with Gasteiger partial charge in [-0.1, -0.05) is 17.8 Å². The second-order valence-corrected chi connectivity index (χ2v) is 5.68. The summed E-state index contributed by atoms with van der Waals surface area (Å²) in [5, 5.41) is 11.0. The molecular formula is C16H15N3O4S. The van der Waals surface area contributed by atoms with Crippen LogP contribution in [0.2, 0.25) is 0 Å². The molecule has 0 aliphatic heterocycles. The van der Waals surface area contributed by atoms with Crippen LogP contribution in [-0.4, -0.2) is 29.0 Å². The van der Waals surface area contributed by atoms with Crippen LogP contribution in [0.4, 0.5) is 0 Å². The number of hydrogen-bond acceptors (Lipinski definition) is 7. The molecule has 0 fully saturated rings. The number of amides is 1. The van der Waals surface area contributed by atoms with E-state index in [9.17, 15) is 4.79 Å². The van der Waals surface area contributed by atoms with E-state index < -0.39 is 0 Å². The molecule has 8 heteroatoms. The summed E-state index contributed by atoms with van der Waals surface area (Å²) < 4.78 is 15.9. The molecule has 0 bridgehead atoms. The summed E-state index contributed by atoms with van der Waals surface area (Å²) in [6, 6.07) is 10.9. The number of ether oxygens (including phenoxy) is 1. The SMILES string of the molecule is COc1cccc(-c2nnc(SCC(=O)NCc3ccco3)o2)c1. The molecule has 1 N–H and O–H groups in total. The first-order valence-electron chi connectivity index (χ1n) is 7.14. The molecule has 3 aromatic rings. The summed E-state index contributed by atoms with van der Waals surface area (Å²) in [6.45, 7) is 0.352. The quantitative estimate of drug-likeness (QED) is 0.658. The number of benzene rings is 1. The fourth-order valence-corrected chi connectivity index (χ4v) is 2.51. The van der Waals surface area contributed by atoms with Crippen molar-refractivity contribution in [2.75, 3.05) is 12.9 Å². The first-order valence-corrected chi connectivity index (χ1v) is 8.13. The molecule has 0 unspecified atom stereocenters. The Morgan fingerprint density at radius 2 is 2.21 bits per heavy atom. The van der Waals surface area contributed by atoms with E-state index in [0.717, 1.165) is 5.56 Å². The van der Waals surface area contributed by atoms with Crippen molar-refractivity contribution in [3.63, 3.8) is 0 Å². The molecule has 7 nitrogen and oxygen atoms in total. The highest BCUT2D eigenvalue weighted by Gasteiger charge is 2.12. The number of methoxy groups -OCH3 is 1. The number of thioether (sulfide) groups is 1. The van der Waals surface area contributed by atoms with Crippen LogP contribution in [-0.2, 0) is 11.3 Å². The predicted octanol–water partition coefficient (Wildman–Crippen LogP) is 2.75. The van der Waals surface area contributed by atoms with Crippen molar-refractivity contribution in [3.05, 3.63) is 48.4 Å². The van der Waals surface area contributed by atoms with Crippen molar-refractivity contribution < 1.29 is 18.4 Å². The molecule has 2 aromatic heterocycles. The minimum Gasteiger partial charge on any atom is -0.497 e. The average Bonchev–Trinajstić information content (AvgIpc) is 3.30. The molecule has 0 saturated heterocycles. The topological polar surface area (TPSA) is 90.4 Å². The van der Waals surface area contributed by atoms with Gasteiger partial charge in [0.05, 0.1) is 25.7 Å². The smallest absolute Gasteiger partial charge is 0.277 e. The van der Waals surface area contributed by atoms with Gasteiger partial charge in [-0.2, -0.15) is 0 Å². The summed E-state index contributed by atoms with van der Waals surface area (Å²) in [5.74, 6) is 1.83. The number of furan rings is 1. The minimum absolute atomic E-state index is 0.141. The van der Waals surface area contributed by atoms with Crippen LogP contribution in [0.15, 0.2) is 56.7 Å². The lowest BCUT2D eigenvalue weighted by Crippen LogP contribution is -2.24. The van der Waals surface area contributed by atoms with Gasteiger partial charge in [0.2, 0.25) is 11.8 Å². The van der Waals surface area contributed by atoms with E-state index in [1.807, 2.05) is 18.2 Å². The highest BCUT2D eigenvalue weighted by atomic mass is 32.2. The predicted molar refractivity (Wildman–Crippen MR) is 87.6 cm³/mol. The summed E-state index contributed by atoms with van der Waals surface area (Å²) >= 11 is 1.18. The van der Waals surface area contributed by atoms with Crippen LogP contribution in [0, 0.1) is 0 Å². The van der Waals surface area contributed by atoms with Crippen molar-refractivity contribution in [2.45, 2.75) is 11.8 Å². The first-order chi connectivity index (χ1) is 11.7. The molecule has 0 atom stereocenters. The molecule has 0 aliphatic rings. The summed E-state index contributed by atoms with van der Waals surface area (Å²) in [6.07, 6.45) is 1.56. The summed E-state index contributed by atoms with van der Waals surface area (Å²) in [4.78, 5) is 11.8. The Labute approximate surface area is 142 Å². The highest BCUT2D eigenvalue weighted by Crippen LogP contribution is 2.25. The third-order valence-electron chi connectivity index (χ3n) is 3.09. The van der Waals surface area contributed by atoms with Gasteiger partial charge in [0, 0.05) is 5.56 Å². The molecule has 3 rings (SSSR count). The lowest BCUT2D eigenvalue weighted by atomic mass is 10.2. The minimum atomic E-state index is -0.141. The standard InChI is InChI=1S/C16H15N3O4S/c1-21-12-5-2-4-11(8-12)15-18-19-16(23-15)24-10-14(20)17-9-13-6-3-7-22-13/h2-8H,9-10H2,1H3,(H,17,20). The molecule has 0 saturated carbocycles. The van der Waals surface area contributed by atoms with E-state index in [1.165, 1.54) is 11.8 Å². The average molecular weight is 345 g/mol. The third-order valence-corrected chi connectivity index (χ3v) is 3.91. The zero-order valence-corrected chi connectivity index (χ0v) is 13.7. The Morgan fingerprint density at radius 3 is 3.00 bits per heavy atom. The number of rotatable bonds is 7. The van der Waals surface area contributed by atoms with Crippen molar-refractivity contribution in [1.82, 2.24) is 15.5 Å². The molecular weight excluding hydrogens is 330 g/mol. The Hall–Kier alpha value is -2.74. The zero-order valence-electron chi connectivity index (χ0n) is 12.9. The fraction of sp³-hybridized carbons (Fsp3) is 0.188. The van der Waals surface area contributed by atoms with Gasteiger partial charge in [0.25, 0.3) is 5.22 Å². The van der Waals surface area contributed by atoms with Crippen molar-refractivity contribution in [2.24, 2.45) is 0 Å². The van der Waals surface area contributed by atoms with Crippen LogP contribution < -0.4 is 10.1 Å². The van der Waals surface area contributed by atoms with Crippen molar-refractivity contribution in [1.29, 1.82) is 0 Å². The summed E-state index contributed by atoms with van der Waals surface area (Å²) in [5.41, 5.74) is 0.760. The number of carbonyl (C=O) groups is 1.